The first-order valence-electron chi connectivity index (χ1n) is 9.81. The van der Waals surface area contributed by atoms with Gasteiger partial charge in [0.05, 0.1) is 48.2 Å². The largest absolute Gasteiger partial charge is 0.468 e. The quantitative estimate of drug-likeness (QED) is 0.301. The number of carbonyl (C=O) groups excluding carboxylic acids is 2. The molecule has 0 spiro atoms. The summed E-state index contributed by atoms with van der Waals surface area (Å²) in [5.74, 6) is -2.90. The zero-order valence-electron chi connectivity index (χ0n) is 17.9. The average Bonchev–Trinajstić information content (AvgIpc) is 2.74. The van der Waals surface area contributed by atoms with Crippen LogP contribution in [0.1, 0.15) is 25.3 Å². The van der Waals surface area contributed by atoms with E-state index in [0.717, 1.165) is 0 Å². The maximum absolute atomic E-state index is 13.1. The maximum Gasteiger partial charge on any atom is 0.336 e. The highest BCUT2D eigenvalue weighted by atomic mass is 35.5. The topological polar surface area (TPSA) is 112 Å². The number of hydrogen-bond donors (Lipinski definition) is 2. The molecule has 0 fully saturated rings. The summed E-state index contributed by atoms with van der Waals surface area (Å²) in [5, 5.41) is 3.44. The van der Waals surface area contributed by atoms with Crippen LogP contribution in [0.2, 0.25) is 10.0 Å². The Hall–Kier alpha value is -2.20. The zero-order valence-corrected chi connectivity index (χ0v) is 20.3. The van der Waals surface area contributed by atoms with Crippen LogP contribution in [-0.4, -0.2) is 56.2 Å². The molecule has 2 unspecified atom stereocenters. The number of methoxy groups -OCH3 is 1. The van der Waals surface area contributed by atoms with E-state index in [1.54, 1.807) is 32.0 Å². The van der Waals surface area contributed by atoms with E-state index in [9.17, 15) is 9.59 Å². The fourth-order valence-corrected chi connectivity index (χ4v) is 3.97. The van der Waals surface area contributed by atoms with Crippen molar-refractivity contribution in [2.24, 2.45) is 16.6 Å². The van der Waals surface area contributed by atoms with Gasteiger partial charge in [-0.05, 0) is 37.7 Å². The second-order valence-electron chi connectivity index (χ2n) is 6.80. The number of ether oxygens (including phenoxy) is 3. The first-order chi connectivity index (χ1) is 15.2. The standard InChI is InChI=1S/C21H25Cl2N3O5S/c1-4-31-20(28)17-14(10-30-9-8-25-21(24)32)26-11(2)15(19(27)29-3)16(17)12-6-5-7-13(22)18(12)23/h5-7,15-16H,4,8-10H2,1-3H3,(H3,24,25,32). The number of benzene rings is 1. The molecule has 11 heteroatoms. The van der Waals surface area contributed by atoms with Crippen molar-refractivity contribution in [3.63, 3.8) is 0 Å². The van der Waals surface area contributed by atoms with Gasteiger partial charge >= 0.3 is 11.9 Å². The molecule has 1 aromatic rings. The number of nitrogens with two attached hydrogens (primary N) is 1. The van der Waals surface area contributed by atoms with Crippen LogP contribution in [0.4, 0.5) is 0 Å². The summed E-state index contributed by atoms with van der Waals surface area (Å²) in [7, 11) is 1.27. The molecule has 0 radical (unpaired) electrons. The first-order valence-corrected chi connectivity index (χ1v) is 11.0. The Labute approximate surface area is 202 Å². The normalized spacial score (nSPS) is 18.1. The van der Waals surface area contributed by atoms with Crippen LogP contribution in [0.3, 0.4) is 0 Å². The fraction of sp³-hybridized carbons (Fsp3) is 0.429. The van der Waals surface area contributed by atoms with Crippen LogP contribution in [0.25, 0.3) is 0 Å². The van der Waals surface area contributed by atoms with Crippen molar-refractivity contribution in [3.8, 4) is 0 Å². The molecule has 32 heavy (non-hydrogen) atoms. The number of halogens is 2. The minimum absolute atomic E-state index is 0.00687. The van der Waals surface area contributed by atoms with Crippen LogP contribution >= 0.6 is 35.4 Å². The number of rotatable bonds is 9. The van der Waals surface area contributed by atoms with Gasteiger partial charge in [0.2, 0.25) is 0 Å². The molecule has 0 aromatic heterocycles. The number of thiocarbonyl (C=S) groups is 1. The predicted octanol–water partition coefficient (Wildman–Crippen LogP) is 3.01. The van der Waals surface area contributed by atoms with Crippen LogP contribution in [-0.2, 0) is 23.8 Å². The highest BCUT2D eigenvalue weighted by Gasteiger charge is 2.44. The molecule has 174 valence electrons. The minimum Gasteiger partial charge on any atom is -0.468 e. The molecule has 1 aliphatic rings. The van der Waals surface area contributed by atoms with E-state index in [1.807, 2.05) is 0 Å². The lowest BCUT2D eigenvalue weighted by Gasteiger charge is -2.32. The van der Waals surface area contributed by atoms with Gasteiger partial charge in [0.1, 0.15) is 5.92 Å². The molecule has 1 aromatic carbocycles. The number of hydrogen-bond acceptors (Lipinski definition) is 7. The lowest BCUT2D eigenvalue weighted by molar-refractivity contribution is -0.144. The van der Waals surface area contributed by atoms with Gasteiger partial charge in [0.15, 0.2) is 5.11 Å². The molecular weight excluding hydrogens is 477 g/mol. The van der Waals surface area contributed by atoms with Crippen molar-refractivity contribution in [1.82, 2.24) is 5.32 Å². The van der Waals surface area contributed by atoms with Crippen LogP contribution in [0.15, 0.2) is 34.5 Å². The lowest BCUT2D eigenvalue weighted by Crippen LogP contribution is -2.37. The van der Waals surface area contributed by atoms with Gasteiger partial charge in [0.25, 0.3) is 0 Å². The minimum atomic E-state index is -0.893. The molecule has 1 heterocycles. The highest BCUT2D eigenvalue weighted by Crippen LogP contribution is 2.44. The Bertz CT molecular complexity index is 951. The first kappa shape index (κ1) is 26.1. The van der Waals surface area contributed by atoms with Crippen molar-refractivity contribution >= 4 is 58.2 Å². The van der Waals surface area contributed by atoms with Gasteiger partial charge in [-0.2, -0.15) is 0 Å². The number of aliphatic imine (C=N–C) groups is 1. The van der Waals surface area contributed by atoms with Gasteiger partial charge < -0.3 is 25.3 Å². The molecule has 1 aliphatic heterocycles. The number of nitrogens with one attached hydrogen (secondary N) is 1. The average molecular weight is 502 g/mol. The molecule has 0 saturated carbocycles. The molecule has 2 atom stereocenters. The third-order valence-electron chi connectivity index (χ3n) is 4.77. The summed E-state index contributed by atoms with van der Waals surface area (Å²) in [5.41, 5.74) is 6.83. The van der Waals surface area contributed by atoms with E-state index < -0.39 is 23.8 Å². The summed E-state index contributed by atoms with van der Waals surface area (Å²) in [6.45, 7) is 4.14. The predicted molar refractivity (Wildman–Crippen MR) is 127 cm³/mol. The Balaban J connectivity index is 2.57. The van der Waals surface area contributed by atoms with Gasteiger partial charge in [-0.1, -0.05) is 35.3 Å². The van der Waals surface area contributed by atoms with Crippen LogP contribution in [0, 0.1) is 5.92 Å². The smallest absolute Gasteiger partial charge is 0.336 e. The van der Waals surface area contributed by atoms with E-state index in [1.165, 1.54) is 7.11 Å². The van der Waals surface area contributed by atoms with Crippen molar-refractivity contribution in [2.75, 3.05) is 33.5 Å². The van der Waals surface area contributed by atoms with Crippen molar-refractivity contribution in [1.29, 1.82) is 0 Å². The summed E-state index contributed by atoms with van der Waals surface area (Å²) in [4.78, 5) is 30.3. The second-order valence-corrected chi connectivity index (χ2v) is 8.02. The van der Waals surface area contributed by atoms with E-state index in [2.05, 4.69) is 10.3 Å². The Morgan fingerprint density at radius 3 is 2.66 bits per heavy atom. The zero-order chi connectivity index (χ0) is 23.8. The SMILES string of the molecule is CCOC(=O)C1=C(COCCNC(N)=S)N=C(C)C(C(=O)OC)C1c1cccc(Cl)c1Cl. The summed E-state index contributed by atoms with van der Waals surface area (Å²) < 4.78 is 16.0. The van der Waals surface area contributed by atoms with E-state index in [0.29, 0.717) is 23.5 Å². The molecule has 0 aliphatic carbocycles. The number of nitrogens with zero attached hydrogens (tertiary/aromatic N) is 1. The number of esters is 2. The molecule has 0 bridgehead atoms. The second kappa shape index (κ2) is 12.2. The fourth-order valence-electron chi connectivity index (χ4n) is 3.44. The number of carbonyl (C=O) groups is 2. The Morgan fingerprint density at radius 1 is 1.31 bits per heavy atom. The van der Waals surface area contributed by atoms with Gasteiger partial charge in [0, 0.05) is 18.2 Å². The van der Waals surface area contributed by atoms with Gasteiger partial charge in [-0.25, -0.2) is 4.79 Å². The highest BCUT2D eigenvalue weighted by molar-refractivity contribution is 7.80. The molecule has 3 N–H and O–H groups in total. The summed E-state index contributed by atoms with van der Waals surface area (Å²) in [6, 6.07) is 5.02. The van der Waals surface area contributed by atoms with Crippen molar-refractivity contribution in [2.45, 2.75) is 19.8 Å². The molecular formula is C21H25Cl2N3O5S. The van der Waals surface area contributed by atoms with E-state index in [4.69, 9.17) is 55.4 Å². The Morgan fingerprint density at radius 2 is 2.03 bits per heavy atom. The molecule has 8 nitrogen and oxygen atoms in total. The van der Waals surface area contributed by atoms with Crippen molar-refractivity contribution < 1.29 is 23.8 Å². The van der Waals surface area contributed by atoms with Crippen molar-refractivity contribution in [3.05, 3.63) is 45.1 Å². The van der Waals surface area contributed by atoms with Crippen LogP contribution in [0.5, 0.6) is 0 Å². The molecule has 0 amide bonds. The Kier molecular flexibility index (Phi) is 9.89. The third kappa shape index (κ3) is 6.19. The van der Waals surface area contributed by atoms with Crippen LogP contribution < -0.4 is 11.1 Å². The monoisotopic (exact) mass is 501 g/mol. The van der Waals surface area contributed by atoms with Gasteiger partial charge in [-0.15, -0.1) is 0 Å². The van der Waals surface area contributed by atoms with Gasteiger partial charge in [-0.3, -0.25) is 9.79 Å². The van der Waals surface area contributed by atoms with E-state index in [-0.39, 0.29) is 40.6 Å². The molecule has 0 saturated heterocycles. The maximum atomic E-state index is 13.1. The summed E-state index contributed by atoms with van der Waals surface area (Å²) in [6.07, 6.45) is 0. The lowest BCUT2D eigenvalue weighted by atomic mass is 9.75. The molecule has 2 rings (SSSR count). The summed E-state index contributed by atoms with van der Waals surface area (Å²) >= 11 is 17.5. The third-order valence-corrected chi connectivity index (χ3v) is 5.75. The van der Waals surface area contributed by atoms with E-state index >= 15 is 0 Å².